The number of carbonyl (C=O) groups is 1. The van der Waals surface area contributed by atoms with Crippen LogP contribution in [0, 0.1) is 5.82 Å². The fourth-order valence-corrected chi connectivity index (χ4v) is 4.78. The molecule has 0 saturated heterocycles. The van der Waals surface area contributed by atoms with Gasteiger partial charge in [-0.1, -0.05) is 36.4 Å². The highest BCUT2D eigenvalue weighted by atomic mass is 19.1. The zero-order valence-corrected chi connectivity index (χ0v) is 24.1. The first-order valence-electron chi connectivity index (χ1n) is 13.6. The Morgan fingerprint density at radius 2 is 1.84 bits per heavy atom. The zero-order valence-electron chi connectivity index (χ0n) is 24.1. The lowest BCUT2D eigenvalue weighted by Gasteiger charge is -2.15. The van der Waals surface area contributed by atoms with E-state index in [4.69, 9.17) is 19.5 Å². The number of benzene rings is 3. The van der Waals surface area contributed by atoms with Crippen molar-refractivity contribution in [2.45, 2.75) is 13.5 Å². The van der Waals surface area contributed by atoms with Crippen LogP contribution in [-0.2, 0) is 6.54 Å². The molecule has 0 bridgehead atoms. The van der Waals surface area contributed by atoms with Gasteiger partial charge in [-0.2, -0.15) is 0 Å². The van der Waals surface area contributed by atoms with Crippen LogP contribution in [0.3, 0.4) is 0 Å². The van der Waals surface area contributed by atoms with Gasteiger partial charge < -0.3 is 19.9 Å². The Bertz CT molecular complexity index is 1860. The van der Waals surface area contributed by atoms with E-state index in [0.717, 1.165) is 0 Å². The molecular weight excluding hydrogens is 566 g/mol. The largest absolute Gasteiger partial charge is 0.496 e. The Hall–Kier alpha value is -5.64. The summed E-state index contributed by atoms with van der Waals surface area (Å²) in [6, 6.07) is 14.4. The molecule has 0 aliphatic carbocycles. The molecule has 0 radical (unpaired) electrons. The van der Waals surface area contributed by atoms with Gasteiger partial charge in [0, 0.05) is 34.6 Å². The molecule has 0 fully saturated rings. The Balaban J connectivity index is 1.63. The fourth-order valence-electron chi connectivity index (χ4n) is 4.78. The van der Waals surface area contributed by atoms with Crippen LogP contribution in [0.5, 0.6) is 11.5 Å². The van der Waals surface area contributed by atoms with E-state index in [2.05, 4.69) is 10.3 Å². The number of nitrogens with one attached hydrogen (secondary N) is 1. The van der Waals surface area contributed by atoms with Crippen LogP contribution in [0.2, 0.25) is 0 Å². The van der Waals surface area contributed by atoms with Crippen LogP contribution in [0.1, 0.15) is 39.5 Å². The number of hydrogen-bond acceptors (Lipinski definition) is 7. The van der Waals surface area contributed by atoms with Gasteiger partial charge in [-0.15, -0.1) is 0 Å². The smallest absolute Gasteiger partial charge is 0.339 e. The van der Waals surface area contributed by atoms with E-state index in [0.29, 0.717) is 45.1 Å². The quantitative estimate of drug-likeness (QED) is 0.193. The molecule has 0 spiro atoms. The Kier molecular flexibility index (Phi) is 8.90. The molecule has 222 valence electrons. The third-order valence-electron chi connectivity index (χ3n) is 6.81. The highest BCUT2D eigenvalue weighted by Gasteiger charge is 2.25. The number of aromatic carboxylic acids is 1. The number of rotatable bonds is 9. The molecular formula is C34H28F2N4O4. The van der Waals surface area contributed by atoms with Gasteiger partial charge in [0.1, 0.15) is 28.7 Å². The predicted molar refractivity (Wildman–Crippen MR) is 166 cm³/mol. The van der Waals surface area contributed by atoms with Gasteiger partial charge in [-0.25, -0.2) is 23.5 Å². The first-order valence-corrected chi connectivity index (χ1v) is 13.6. The van der Waals surface area contributed by atoms with Crippen molar-refractivity contribution < 1.29 is 28.2 Å². The number of carboxylic acid groups (broad SMARTS) is 1. The molecule has 8 nitrogen and oxygen atoms in total. The average Bonchev–Trinajstić information content (AvgIpc) is 3.17. The van der Waals surface area contributed by atoms with Gasteiger partial charge in [-0.3, -0.25) is 4.99 Å². The summed E-state index contributed by atoms with van der Waals surface area (Å²) in [6.45, 7) is 1.98. The van der Waals surface area contributed by atoms with Crippen LogP contribution in [0.15, 0.2) is 95.9 Å². The average molecular weight is 595 g/mol. The number of aliphatic imine (C=N–C) groups is 1. The minimum atomic E-state index is -1.11. The van der Waals surface area contributed by atoms with E-state index in [1.54, 1.807) is 60.8 Å². The molecule has 10 heteroatoms. The molecule has 44 heavy (non-hydrogen) atoms. The van der Waals surface area contributed by atoms with Crippen molar-refractivity contribution in [3.8, 4) is 22.8 Å². The van der Waals surface area contributed by atoms with E-state index in [1.807, 2.05) is 6.92 Å². The second kappa shape index (κ2) is 13.1. The Morgan fingerprint density at radius 1 is 1.02 bits per heavy atom. The minimum absolute atomic E-state index is 0.0154. The van der Waals surface area contributed by atoms with Gasteiger partial charge in [-0.05, 0) is 55.0 Å². The normalized spacial score (nSPS) is 12.8. The summed E-state index contributed by atoms with van der Waals surface area (Å²) >= 11 is 0. The Labute approximate surface area is 252 Å². The van der Waals surface area contributed by atoms with Crippen molar-refractivity contribution in [3.05, 3.63) is 125 Å². The molecule has 3 aromatic carbocycles. The van der Waals surface area contributed by atoms with Crippen molar-refractivity contribution in [2.24, 2.45) is 4.99 Å². The second-order valence-electron chi connectivity index (χ2n) is 9.61. The molecule has 0 amide bonds. The number of allylic oxidation sites excluding steroid dienone is 5. The van der Waals surface area contributed by atoms with Gasteiger partial charge in [0.2, 0.25) is 5.95 Å². The number of anilines is 2. The van der Waals surface area contributed by atoms with Gasteiger partial charge in [0.25, 0.3) is 0 Å². The van der Waals surface area contributed by atoms with Crippen LogP contribution in [0.25, 0.3) is 17.3 Å². The number of ether oxygens (including phenoxy) is 2. The standard InChI is InChI=1S/C34H28F2N4O4/c1-4-5-6-8-22(35)15-20-11-13-24-26(16-20)32(30-27(36)9-7-10-28(30)43-2)37-18-21-19-38-34(40-31(21)24)39-23-12-14-25(33(41)42)29(17-23)44-3/h4-17,19H,18H2,1-3H3,(H,41,42)(H,38,39,40)/b5-4-,8-6-,22-15-. The summed E-state index contributed by atoms with van der Waals surface area (Å²) in [6.07, 6.45) is 9.46. The van der Waals surface area contributed by atoms with Crippen LogP contribution >= 0.6 is 0 Å². The highest BCUT2D eigenvalue weighted by molar-refractivity contribution is 6.18. The third kappa shape index (κ3) is 6.24. The van der Waals surface area contributed by atoms with Crippen LogP contribution in [0.4, 0.5) is 20.4 Å². The van der Waals surface area contributed by atoms with E-state index >= 15 is 4.39 Å². The second-order valence-corrected chi connectivity index (χ2v) is 9.61. The molecule has 4 aromatic rings. The summed E-state index contributed by atoms with van der Waals surface area (Å²) < 4.78 is 40.8. The molecule has 5 rings (SSSR count). The first kappa shape index (κ1) is 29.8. The zero-order chi connectivity index (χ0) is 31.2. The Morgan fingerprint density at radius 3 is 2.59 bits per heavy atom. The minimum Gasteiger partial charge on any atom is -0.496 e. The number of hydrogen-bond donors (Lipinski definition) is 2. The van der Waals surface area contributed by atoms with Gasteiger partial charge >= 0.3 is 5.97 Å². The summed E-state index contributed by atoms with van der Waals surface area (Å²) in [7, 11) is 2.84. The predicted octanol–water partition coefficient (Wildman–Crippen LogP) is 7.54. The van der Waals surface area contributed by atoms with Crippen molar-refractivity contribution in [1.29, 1.82) is 0 Å². The maximum Gasteiger partial charge on any atom is 0.339 e. The number of halogens is 2. The molecule has 0 unspecified atom stereocenters. The number of fused-ring (bicyclic) bond motifs is 3. The molecule has 1 aliphatic heterocycles. The molecule has 1 aliphatic rings. The number of methoxy groups -OCH3 is 2. The maximum absolute atomic E-state index is 15.4. The van der Waals surface area contributed by atoms with E-state index in [9.17, 15) is 14.3 Å². The number of aromatic nitrogens is 2. The SMILES string of the molecule is C\C=C/C=C\C(F)=C\c1ccc2c(c1)C(c1c(F)cccc1OC)=NCc1cnc(Nc3ccc(C(=O)O)c(OC)c3)nc1-2. The van der Waals surface area contributed by atoms with Gasteiger partial charge in [0.15, 0.2) is 0 Å². The van der Waals surface area contributed by atoms with Crippen molar-refractivity contribution in [2.75, 3.05) is 19.5 Å². The summed E-state index contributed by atoms with van der Waals surface area (Å²) in [5, 5.41) is 12.5. The number of nitrogens with zero attached hydrogens (tertiary/aromatic N) is 3. The van der Waals surface area contributed by atoms with Crippen LogP contribution in [-0.4, -0.2) is 41.0 Å². The first-order chi connectivity index (χ1) is 21.3. The van der Waals surface area contributed by atoms with Gasteiger partial charge in [0.05, 0.1) is 37.7 Å². The molecule has 1 aromatic heterocycles. The topological polar surface area (TPSA) is 106 Å². The maximum atomic E-state index is 15.4. The summed E-state index contributed by atoms with van der Waals surface area (Å²) in [5.41, 5.74) is 3.96. The third-order valence-corrected chi connectivity index (χ3v) is 6.81. The molecule has 2 N–H and O–H groups in total. The molecule has 0 saturated carbocycles. The van der Waals surface area contributed by atoms with E-state index in [-0.39, 0.29) is 29.4 Å². The van der Waals surface area contributed by atoms with Crippen molar-refractivity contribution in [1.82, 2.24) is 9.97 Å². The molecule has 0 atom stereocenters. The fraction of sp³-hybridized carbons (Fsp3) is 0.118. The lowest BCUT2D eigenvalue weighted by atomic mass is 9.92. The van der Waals surface area contributed by atoms with Crippen LogP contribution < -0.4 is 14.8 Å². The van der Waals surface area contributed by atoms with Crippen molar-refractivity contribution in [3.63, 3.8) is 0 Å². The highest BCUT2D eigenvalue weighted by Crippen LogP contribution is 2.36. The van der Waals surface area contributed by atoms with Crippen molar-refractivity contribution >= 4 is 29.4 Å². The lowest BCUT2D eigenvalue weighted by molar-refractivity contribution is 0.0693. The lowest BCUT2D eigenvalue weighted by Crippen LogP contribution is -2.10. The summed E-state index contributed by atoms with van der Waals surface area (Å²) in [5.74, 6) is -1.39. The summed E-state index contributed by atoms with van der Waals surface area (Å²) in [4.78, 5) is 25.5. The number of carboxylic acids is 1. The molecule has 2 heterocycles. The monoisotopic (exact) mass is 594 g/mol. The van der Waals surface area contributed by atoms with E-state index < -0.39 is 17.6 Å². The van der Waals surface area contributed by atoms with E-state index in [1.165, 1.54) is 44.6 Å².